The highest BCUT2D eigenvalue weighted by Crippen LogP contribution is 2.43. The van der Waals surface area contributed by atoms with Crippen LogP contribution in [-0.2, 0) is 0 Å². The number of alkyl halides is 1. The number of aromatic hydroxyl groups is 1. The van der Waals surface area contributed by atoms with Gasteiger partial charge in [0, 0.05) is 28.6 Å². The van der Waals surface area contributed by atoms with Crippen molar-refractivity contribution in [3.8, 4) is 33.8 Å². The van der Waals surface area contributed by atoms with E-state index in [1.807, 2.05) is 19.1 Å². The topological polar surface area (TPSA) is 111 Å². The Balaban J connectivity index is 1.26. The smallest absolute Gasteiger partial charge is 0.185 e. The number of anilines is 1. The van der Waals surface area contributed by atoms with E-state index in [-0.39, 0.29) is 17.8 Å². The van der Waals surface area contributed by atoms with Crippen molar-refractivity contribution in [2.75, 3.05) is 4.90 Å². The molecule has 3 aliphatic rings. The summed E-state index contributed by atoms with van der Waals surface area (Å²) in [5, 5.41) is 34.3. The van der Waals surface area contributed by atoms with E-state index >= 15 is 4.39 Å². The molecular weight excluding hydrogens is 465 g/mol. The molecule has 0 radical (unpaired) electrons. The molecule has 2 aromatic heterocycles. The number of hydrogen-bond donors (Lipinski definition) is 2. The zero-order valence-electron chi connectivity index (χ0n) is 19.4. The molecule has 0 amide bonds. The quantitative estimate of drug-likeness (QED) is 0.546. The fourth-order valence-electron chi connectivity index (χ4n) is 5.61. The minimum Gasteiger partial charge on any atom is -0.507 e. The first-order chi connectivity index (χ1) is 16.9. The van der Waals surface area contributed by atoms with E-state index in [9.17, 15) is 5.11 Å². The number of aromatic nitrogens is 4. The third kappa shape index (κ3) is 4.02. The van der Waals surface area contributed by atoms with Gasteiger partial charge >= 0.3 is 0 Å². The summed E-state index contributed by atoms with van der Waals surface area (Å²) in [4.78, 5) is 10.8. The van der Waals surface area contributed by atoms with Crippen molar-refractivity contribution < 1.29 is 9.50 Å². The van der Waals surface area contributed by atoms with Crippen molar-refractivity contribution >= 4 is 17.2 Å². The Labute approximate surface area is 206 Å². The maximum Gasteiger partial charge on any atom is 0.185 e. The molecule has 2 saturated heterocycles. The van der Waals surface area contributed by atoms with E-state index in [0.717, 1.165) is 38.5 Å². The minimum atomic E-state index is -0.995. The highest BCUT2D eigenvalue weighted by Gasteiger charge is 2.52. The van der Waals surface area contributed by atoms with Gasteiger partial charge in [-0.3, -0.25) is 0 Å². The lowest BCUT2D eigenvalue weighted by atomic mass is 9.73. The number of nitrogens with one attached hydrogen (secondary N) is 1. The minimum absolute atomic E-state index is 0.00716. The normalized spacial score (nSPS) is 27.9. The van der Waals surface area contributed by atoms with Crippen molar-refractivity contribution in [3.05, 3.63) is 35.5 Å². The second-order valence-electron chi connectivity index (χ2n) is 10.0. The number of phenols is 1. The Kier molecular flexibility index (Phi) is 5.42. The molecule has 4 heterocycles. The first kappa shape index (κ1) is 22.3. The van der Waals surface area contributed by atoms with Crippen LogP contribution in [0.15, 0.2) is 29.8 Å². The number of hydrogen-bond acceptors (Lipinski definition) is 9. The van der Waals surface area contributed by atoms with Gasteiger partial charge in [0.2, 0.25) is 0 Å². The molecule has 180 valence electrons. The molecule has 2 bridgehead atoms. The van der Waals surface area contributed by atoms with E-state index < -0.39 is 11.7 Å². The first-order valence-corrected chi connectivity index (χ1v) is 12.9. The monoisotopic (exact) mass is 491 g/mol. The van der Waals surface area contributed by atoms with Crippen LogP contribution in [0.1, 0.15) is 51.1 Å². The lowest BCUT2D eigenvalue weighted by Crippen LogP contribution is -2.69. The number of halogens is 1. The summed E-state index contributed by atoms with van der Waals surface area (Å²) < 4.78 is 15.8. The average molecular weight is 492 g/mol. The molecule has 3 aromatic rings. The van der Waals surface area contributed by atoms with Crippen molar-refractivity contribution in [1.29, 1.82) is 5.26 Å². The van der Waals surface area contributed by atoms with Gasteiger partial charge in [-0.25, -0.2) is 14.4 Å². The van der Waals surface area contributed by atoms with Gasteiger partial charge < -0.3 is 15.3 Å². The lowest BCUT2D eigenvalue weighted by Gasteiger charge is -2.52. The fraction of sp³-hybridized carbons (Fsp3) is 0.480. The summed E-state index contributed by atoms with van der Waals surface area (Å²) in [6.07, 6.45) is 6.44. The summed E-state index contributed by atoms with van der Waals surface area (Å²) >= 11 is 1.34. The van der Waals surface area contributed by atoms with Gasteiger partial charge in [-0.2, -0.15) is 5.26 Å². The van der Waals surface area contributed by atoms with Gasteiger partial charge in [0.25, 0.3) is 0 Å². The van der Waals surface area contributed by atoms with E-state index in [0.29, 0.717) is 39.5 Å². The van der Waals surface area contributed by atoms with Gasteiger partial charge in [0.1, 0.15) is 23.0 Å². The number of thiazole rings is 1. The number of piperidine rings is 2. The molecule has 3 fully saturated rings. The predicted octanol–water partition coefficient (Wildman–Crippen LogP) is 4.22. The van der Waals surface area contributed by atoms with Crippen LogP contribution >= 0.6 is 11.3 Å². The lowest BCUT2D eigenvalue weighted by molar-refractivity contribution is 0.0385. The molecule has 2 N–H and O–H groups in total. The number of fused-ring (bicyclic) bond motifs is 2. The summed E-state index contributed by atoms with van der Waals surface area (Å²) in [5.74, 6) is 0.902. The summed E-state index contributed by atoms with van der Waals surface area (Å²) in [5.41, 5.74) is 1.01. The first-order valence-electron chi connectivity index (χ1n) is 12.0. The van der Waals surface area contributed by atoms with Crippen molar-refractivity contribution in [1.82, 2.24) is 25.5 Å². The predicted molar refractivity (Wildman–Crippen MR) is 131 cm³/mol. The van der Waals surface area contributed by atoms with E-state index in [1.165, 1.54) is 11.3 Å². The Morgan fingerprint density at radius 1 is 1.29 bits per heavy atom. The zero-order chi connectivity index (χ0) is 24.2. The van der Waals surface area contributed by atoms with Crippen molar-refractivity contribution in [2.45, 2.75) is 75.3 Å². The average Bonchev–Trinajstić information content (AvgIpc) is 3.57. The molecule has 4 atom stereocenters. The van der Waals surface area contributed by atoms with Crippen LogP contribution in [0.4, 0.5) is 10.2 Å². The van der Waals surface area contributed by atoms with Gasteiger partial charge in [0.15, 0.2) is 17.3 Å². The van der Waals surface area contributed by atoms with Crippen LogP contribution in [0.2, 0.25) is 0 Å². The highest BCUT2D eigenvalue weighted by atomic mass is 32.1. The van der Waals surface area contributed by atoms with E-state index in [4.69, 9.17) is 5.26 Å². The Morgan fingerprint density at radius 3 is 2.83 bits per heavy atom. The standard InChI is InChI=1S/C25H26FN7OS/c1-25-8-2-3-15(30-25)10-19(22(25)26)33(17-5-6-17)21-12-28-23(32-31-21)18-7-4-14(9-20(18)34)24-29-16(11-27)13-35-24/h4,7,9,12-13,15,17,19,22,30,34H,2-3,5-6,8,10H2,1H3/t15-,19-,22-,25+/m0/s1. The summed E-state index contributed by atoms with van der Waals surface area (Å²) in [7, 11) is 0. The molecule has 1 saturated carbocycles. The zero-order valence-corrected chi connectivity index (χ0v) is 20.2. The Hall–Kier alpha value is -3.16. The third-order valence-corrected chi connectivity index (χ3v) is 8.36. The molecule has 0 unspecified atom stereocenters. The Morgan fingerprint density at radius 2 is 2.14 bits per heavy atom. The number of nitrogens with zero attached hydrogens (tertiary/aromatic N) is 6. The van der Waals surface area contributed by atoms with Crippen LogP contribution < -0.4 is 10.2 Å². The van der Waals surface area contributed by atoms with Gasteiger partial charge in [-0.05, 0) is 57.6 Å². The van der Waals surface area contributed by atoms with Crippen molar-refractivity contribution in [2.24, 2.45) is 0 Å². The summed E-state index contributed by atoms with van der Waals surface area (Å²) in [6, 6.07) is 7.48. The SMILES string of the molecule is C[C@@]12CCC[C@@H](C[C@H](N(c3cnc(-c4ccc(-c5nc(C#N)cs5)cc4O)nn3)C3CC3)[C@@H]1F)N2. The van der Waals surface area contributed by atoms with Crippen LogP contribution in [0.3, 0.4) is 0 Å². The molecule has 2 aliphatic heterocycles. The molecule has 8 nitrogen and oxygen atoms in total. The van der Waals surface area contributed by atoms with Crippen LogP contribution in [0.25, 0.3) is 22.0 Å². The van der Waals surface area contributed by atoms with Crippen molar-refractivity contribution in [3.63, 3.8) is 0 Å². The maximum absolute atomic E-state index is 15.8. The van der Waals surface area contributed by atoms with E-state index in [2.05, 4.69) is 30.4 Å². The third-order valence-electron chi connectivity index (χ3n) is 7.47. The molecule has 1 aliphatic carbocycles. The number of rotatable bonds is 5. The fourth-order valence-corrected chi connectivity index (χ4v) is 6.36. The van der Waals surface area contributed by atoms with Crippen LogP contribution in [-0.4, -0.2) is 55.1 Å². The number of benzene rings is 1. The number of phenolic OH excluding ortho intramolecular Hbond substituents is 1. The van der Waals surface area contributed by atoms with Crippen LogP contribution in [0.5, 0.6) is 5.75 Å². The molecule has 10 heteroatoms. The van der Waals surface area contributed by atoms with Gasteiger partial charge in [0.05, 0.1) is 17.8 Å². The molecule has 6 rings (SSSR count). The number of nitriles is 1. The maximum atomic E-state index is 15.8. The van der Waals surface area contributed by atoms with Gasteiger partial charge in [-0.15, -0.1) is 21.5 Å². The summed E-state index contributed by atoms with van der Waals surface area (Å²) in [6.45, 7) is 2.01. The molecule has 0 spiro atoms. The van der Waals surface area contributed by atoms with Crippen LogP contribution in [0, 0.1) is 11.3 Å². The van der Waals surface area contributed by atoms with E-state index in [1.54, 1.807) is 23.7 Å². The Bertz CT molecular complexity index is 1290. The molecule has 35 heavy (non-hydrogen) atoms. The second-order valence-corrected chi connectivity index (χ2v) is 10.9. The second kappa shape index (κ2) is 8.50. The molecular formula is C25H26FN7OS. The molecule has 1 aromatic carbocycles. The largest absolute Gasteiger partial charge is 0.507 e. The highest BCUT2D eigenvalue weighted by molar-refractivity contribution is 7.13. The van der Waals surface area contributed by atoms with Gasteiger partial charge in [-0.1, -0.05) is 6.07 Å².